The molecule has 0 bridgehead atoms. The molecule has 0 saturated carbocycles. The standard InChI is InChI=1S/C38H27N3/c1-26-10-18-30(19-11-26)41(31-20-12-27(2)13-21-31)32-22-15-28(16-23-32)14-17-29-6-5-9-35-37(25-40)36(24-39)33-7-3-4-8-34(33)38(29)35/h3-23H,1-2H3. The second-order valence-corrected chi connectivity index (χ2v) is 10.2. The quantitative estimate of drug-likeness (QED) is 0.166. The third kappa shape index (κ3) is 4.82. The maximum absolute atomic E-state index is 9.95. The molecule has 194 valence electrons. The van der Waals surface area contributed by atoms with Gasteiger partial charge < -0.3 is 4.90 Å². The van der Waals surface area contributed by atoms with Gasteiger partial charge in [0, 0.05) is 27.8 Å². The normalized spacial score (nSPS) is 11.0. The molecule has 0 aromatic heterocycles. The van der Waals surface area contributed by atoms with Crippen molar-refractivity contribution in [2.24, 2.45) is 0 Å². The summed E-state index contributed by atoms with van der Waals surface area (Å²) in [6, 6.07) is 44.0. The highest BCUT2D eigenvalue weighted by molar-refractivity contribution is 6.16. The van der Waals surface area contributed by atoms with Crippen molar-refractivity contribution >= 4 is 50.8 Å². The number of rotatable bonds is 5. The first-order chi connectivity index (χ1) is 20.1. The van der Waals surface area contributed by atoms with Crippen LogP contribution in [0.2, 0.25) is 0 Å². The molecule has 6 aromatic rings. The smallest absolute Gasteiger partial charge is 0.101 e. The minimum absolute atomic E-state index is 0.424. The van der Waals surface area contributed by atoms with Crippen molar-refractivity contribution in [2.45, 2.75) is 13.8 Å². The summed E-state index contributed by atoms with van der Waals surface area (Å²) in [6.45, 7) is 4.20. The van der Waals surface area contributed by atoms with Crippen LogP contribution in [0.4, 0.5) is 17.1 Å². The van der Waals surface area contributed by atoms with Crippen molar-refractivity contribution in [3.05, 3.63) is 149 Å². The van der Waals surface area contributed by atoms with Gasteiger partial charge in [-0.2, -0.15) is 10.5 Å². The Labute approximate surface area is 240 Å². The molecular weight excluding hydrogens is 498 g/mol. The fourth-order valence-corrected chi connectivity index (χ4v) is 5.39. The van der Waals surface area contributed by atoms with Crippen LogP contribution in [0.1, 0.15) is 33.4 Å². The van der Waals surface area contributed by atoms with E-state index in [1.54, 1.807) is 0 Å². The van der Waals surface area contributed by atoms with Gasteiger partial charge in [0.05, 0.1) is 11.1 Å². The zero-order chi connectivity index (χ0) is 28.3. The van der Waals surface area contributed by atoms with Gasteiger partial charge in [-0.3, -0.25) is 0 Å². The molecule has 0 heterocycles. The Hall–Kier alpha value is -5.64. The maximum Gasteiger partial charge on any atom is 0.101 e. The summed E-state index contributed by atoms with van der Waals surface area (Å²) >= 11 is 0. The number of hydrogen-bond acceptors (Lipinski definition) is 3. The molecule has 0 radical (unpaired) electrons. The summed E-state index contributed by atoms with van der Waals surface area (Å²) in [6.07, 6.45) is 4.19. The number of anilines is 3. The zero-order valence-corrected chi connectivity index (χ0v) is 23.0. The van der Waals surface area contributed by atoms with Crippen LogP contribution in [-0.2, 0) is 0 Å². The molecule has 0 fully saturated rings. The van der Waals surface area contributed by atoms with E-state index in [4.69, 9.17) is 0 Å². The van der Waals surface area contributed by atoms with E-state index in [1.807, 2.05) is 36.4 Å². The molecule has 0 N–H and O–H groups in total. The van der Waals surface area contributed by atoms with Crippen molar-refractivity contribution in [2.75, 3.05) is 4.90 Å². The average Bonchev–Trinajstić information content (AvgIpc) is 3.01. The van der Waals surface area contributed by atoms with E-state index in [0.717, 1.165) is 49.7 Å². The highest BCUT2D eigenvalue weighted by Crippen LogP contribution is 2.37. The molecular formula is C38H27N3. The van der Waals surface area contributed by atoms with Crippen LogP contribution in [0, 0.1) is 36.5 Å². The van der Waals surface area contributed by atoms with E-state index in [-0.39, 0.29) is 0 Å². The van der Waals surface area contributed by atoms with Gasteiger partial charge in [-0.05, 0) is 72.1 Å². The van der Waals surface area contributed by atoms with Gasteiger partial charge >= 0.3 is 0 Å². The van der Waals surface area contributed by atoms with Crippen LogP contribution in [0.25, 0.3) is 33.7 Å². The van der Waals surface area contributed by atoms with Gasteiger partial charge in [0.25, 0.3) is 0 Å². The highest BCUT2D eigenvalue weighted by Gasteiger charge is 2.16. The van der Waals surface area contributed by atoms with E-state index in [0.29, 0.717) is 11.1 Å². The van der Waals surface area contributed by atoms with E-state index < -0.39 is 0 Å². The first-order valence-electron chi connectivity index (χ1n) is 13.6. The van der Waals surface area contributed by atoms with Crippen LogP contribution in [0.15, 0.2) is 115 Å². The lowest BCUT2D eigenvalue weighted by molar-refractivity contribution is 1.27. The SMILES string of the molecule is Cc1ccc(N(c2ccc(C)cc2)c2ccc(C=Cc3cccc4c(C#N)c(C#N)c5ccccc5c34)cc2)cc1. The molecule has 6 aromatic carbocycles. The molecule has 41 heavy (non-hydrogen) atoms. The Morgan fingerprint density at radius 1 is 0.512 bits per heavy atom. The topological polar surface area (TPSA) is 50.8 Å². The fourth-order valence-electron chi connectivity index (χ4n) is 5.39. The fraction of sp³-hybridized carbons (Fsp3) is 0.0526. The number of benzene rings is 6. The average molecular weight is 526 g/mol. The van der Waals surface area contributed by atoms with Crippen LogP contribution < -0.4 is 4.90 Å². The highest BCUT2D eigenvalue weighted by atomic mass is 15.1. The van der Waals surface area contributed by atoms with Gasteiger partial charge in [0.1, 0.15) is 12.1 Å². The van der Waals surface area contributed by atoms with Crippen molar-refractivity contribution < 1.29 is 0 Å². The molecule has 0 amide bonds. The number of hydrogen-bond donors (Lipinski definition) is 0. The number of nitriles is 2. The zero-order valence-electron chi connectivity index (χ0n) is 23.0. The predicted molar refractivity (Wildman–Crippen MR) is 170 cm³/mol. The first kappa shape index (κ1) is 25.6. The lowest BCUT2D eigenvalue weighted by Crippen LogP contribution is -2.09. The molecule has 0 saturated heterocycles. The Kier molecular flexibility index (Phi) is 6.78. The Morgan fingerprint density at radius 2 is 1.00 bits per heavy atom. The minimum atomic E-state index is 0.424. The predicted octanol–water partition coefficient (Wildman–Crippen LogP) is 9.99. The Balaban J connectivity index is 1.40. The number of aryl methyl sites for hydroxylation is 2. The van der Waals surface area contributed by atoms with Crippen molar-refractivity contribution in [1.82, 2.24) is 0 Å². The van der Waals surface area contributed by atoms with Crippen LogP contribution >= 0.6 is 0 Å². The number of fused-ring (bicyclic) bond motifs is 3. The van der Waals surface area contributed by atoms with Crippen LogP contribution in [0.5, 0.6) is 0 Å². The summed E-state index contributed by atoms with van der Waals surface area (Å²) in [5, 5.41) is 23.3. The summed E-state index contributed by atoms with van der Waals surface area (Å²) in [5.41, 5.74) is 8.67. The lowest BCUT2D eigenvalue weighted by Gasteiger charge is -2.25. The maximum atomic E-state index is 9.95. The van der Waals surface area contributed by atoms with E-state index >= 15 is 0 Å². The second-order valence-electron chi connectivity index (χ2n) is 10.2. The van der Waals surface area contributed by atoms with Crippen LogP contribution in [-0.4, -0.2) is 0 Å². The molecule has 0 unspecified atom stereocenters. The third-order valence-corrected chi connectivity index (χ3v) is 7.50. The molecule has 3 heteroatoms. The van der Waals surface area contributed by atoms with Gasteiger partial charge in [0.2, 0.25) is 0 Å². The number of nitrogens with zero attached hydrogens (tertiary/aromatic N) is 3. The van der Waals surface area contributed by atoms with E-state index in [2.05, 4.69) is 122 Å². The monoisotopic (exact) mass is 525 g/mol. The Bertz CT molecular complexity index is 1960. The van der Waals surface area contributed by atoms with Gasteiger partial charge in [0.15, 0.2) is 0 Å². The first-order valence-corrected chi connectivity index (χ1v) is 13.6. The molecule has 0 aliphatic rings. The van der Waals surface area contributed by atoms with E-state index in [1.165, 1.54) is 11.1 Å². The Morgan fingerprint density at radius 3 is 1.56 bits per heavy atom. The molecule has 0 atom stereocenters. The van der Waals surface area contributed by atoms with Gasteiger partial charge in [-0.25, -0.2) is 0 Å². The molecule has 0 aliphatic carbocycles. The molecule has 0 spiro atoms. The second kappa shape index (κ2) is 10.9. The van der Waals surface area contributed by atoms with Crippen molar-refractivity contribution in [3.8, 4) is 12.1 Å². The molecule has 3 nitrogen and oxygen atoms in total. The molecule has 6 rings (SSSR count). The lowest BCUT2D eigenvalue weighted by atomic mass is 9.90. The largest absolute Gasteiger partial charge is 0.311 e. The van der Waals surface area contributed by atoms with Gasteiger partial charge in [-0.1, -0.05) is 102 Å². The van der Waals surface area contributed by atoms with Gasteiger partial charge in [-0.15, -0.1) is 0 Å². The summed E-state index contributed by atoms with van der Waals surface area (Å²) in [4.78, 5) is 2.26. The van der Waals surface area contributed by atoms with E-state index in [9.17, 15) is 10.5 Å². The summed E-state index contributed by atoms with van der Waals surface area (Å²) in [5.74, 6) is 0. The third-order valence-electron chi connectivity index (χ3n) is 7.50. The van der Waals surface area contributed by atoms with Crippen LogP contribution in [0.3, 0.4) is 0 Å². The minimum Gasteiger partial charge on any atom is -0.311 e. The summed E-state index contributed by atoms with van der Waals surface area (Å²) < 4.78 is 0. The van der Waals surface area contributed by atoms with Crippen molar-refractivity contribution in [1.29, 1.82) is 10.5 Å². The summed E-state index contributed by atoms with van der Waals surface area (Å²) in [7, 11) is 0. The molecule has 0 aliphatic heterocycles. The van der Waals surface area contributed by atoms with Crippen molar-refractivity contribution in [3.63, 3.8) is 0 Å².